The zero-order chi connectivity index (χ0) is 15.6. The molecule has 1 aromatic heterocycles. The molecular formula is C15H16N2O4. The van der Waals surface area contributed by atoms with Crippen LogP contribution in [0.3, 0.4) is 0 Å². The van der Waals surface area contributed by atoms with Crippen molar-refractivity contribution < 1.29 is 15.0 Å². The number of rotatable bonds is 4. The molecule has 0 saturated carbocycles. The number of aromatic carboxylic acids is 1. The van der Waals surface area contributed by atoms with Crippen LogP contribution in [0.15, 0.2) is 29.1 Å². The number of benzene rings is 1. The van der Waals surface area contributed by atoms with E-state index < -0.39 is 11.5 Å². The minimum atomic E-state index is -1.26. The number of aromatic hydroxyl groups is 1. The molecule has 0 unspecified atom stereocenters. The van der Waals surface area contributed by atoms with Crippen LogP contribution in [0.4, 0.5) is 5.69 Å². The van der Waals surface area contributed by atoms with Crippen LogP contribution in [0, 0.1) is 0 Å². The van der Waals surface area contributed by atoms with Gasteiger partial charge in [-0.25, -0.2) is 4.79 Å². The standard InChI is InChI=1S/C15H16N2O4/c1-3-8-6-10(15(20)21)14(19)17-13(8)9-4-5-11(16-2)12(18)7-9/h4-7,16,18H,3H2,1-2H3,(H,17,19)(H,20,21). The molecule has 0 atom stereocenters. The smallest absolute Gasteiger partial charge is 0.341 e. The molecule has 2 rings (SSSR count). The molecule has 0 radical (unpaired) electrons. The summed E-state index contributed by atoms with van der Waals surface area (Å²) in [5.74, 6) is -1.20. The predicted molar refractivity (Wildman–Crippen MR) is 80.0 cm³/mol. The van der Waals surface area contributed by atoms with Crippen LogP contribution in [-0.2, 0) is 6.42 Å². The number of carboxylic acids is 1. The van der Waals surface area contributed by atoms with E-state index in [1.54, 1.807) is 19.2 Å². The number of hydrogen-bond donors (Lipinski definition) is 4. The van der Waals surface area contributed by atoms with Crippen LogP contribution in [0.2, 0.25) is 0 Å². The molecule has 21 heavy (non-hydrogen) atoms. The van der Waals surface area contributed by atoms with Gasteiger partial charge < -0.3 is 20.5 Å². The molecule has 6 nitrogen and oxygen atoms in total. The predicted octanol–water partition coefficient (Wildman–Crippen LogP) is 2.05. The number of aromatic nitrogens is 1. The van der Waals surface area contributed by atoms with Crippen molar-refractivity contribution in [2.24, 2.45) is 0 Å². The second kappa shape index (κ2) is 5.70. The fourth-order valence-corrected chi connectivity index (χ4v) is 2.17. The molecule has 0 bridgehead atoms. The Morgan fingerprint density at radius 2 is 2.05 bits per heavy atom. The molecule has 0 aliphatic carbocycles. The van der Waals surface area contributed by atoms with Crippen molar-refractivity contribution in [3.05, 3.63) is 45.7 Å². The fraction of sp³-hybridized carbons (Fsp3) is 0.200. The molecule has 0 aliphatic rings. The first kappa shape index (κ1) is 14.6. The lowest BCUT2D eigenvalue weighted by Crippen LogP contribution is -2.19. The Kier molecular flexibility index (Phi) is 3.98. The number of phenolic OH excluding ortho intramolecular Hbond substituents is 1. The van der Waals surface area contributed by atoms with Gasteiger partial charge in [0, 0.05) is 12.6 Å². The van der Waals surface area contributed by atoms with E-state index in [1.807, 2.05) is 6.92 Å². The zero-order valence-electron chi connectivity index (χ0n) is 11.7. The average molecular weight is 288 g/mol. The summed E-state index contributed by atoms with van der Waals surface area (Å²) in [6, 6.07) is 6.33. The van der Waals surface area contributed by atoms with Crippen molar-refractivity contribution in [2.45, 2.75) is 13.3 Å². The van der Waals surface area contributed by atoms with E-state index in [0.717, 1.165) is 0 Å². The van der Waals surface area contributed by atoms with Crippen molar-refractivity contribution in [3.63, 3.8) is 0 Å². The quantitative estimate of drug-likeness (QED) is 0.645. The van der Waals surface area contributed by atoms with E-state index in [2.05, 4.69) is 10.3 Å². The highest BCUT2D eigenvalue weighted by molar-refractivity contribution is 5.88. The molecule has 2 aromatic rings. The van der Waals surface area contributed by atoms with Gasteiger partial charge in [0.1, 0.15) is 11.3 Å². The molecule has 1 aromatic carbocycles. The van der Waals surface area contributed by atoms with Crippen LogP contribution >= 0.6 is 0 Å². The van der Waals surface area contributed by atoms with Gasteiger partial charge >= 0.3 is 5.97 Å². The van der Waals surface area contributed by atoms with Crippen molar-refractivity contribution in [1.29, 1.82) is 0 Å². The highest BCUT2D eigenvalue weighted by Crippen LogP contribution is 2.30. The molecule has 0 amide bonds. The van der Waals surface area contributed by atoms with Crippen molar-refractivity contribution in [3.8, 4) is 17.0 Å². The number of pyridine rings is 1. The molecule has 110 valence electrons. The van der Waals surface area contributed by atoms with Crippen LogP contribution in [-0.4, -0.2) is 28.2 Å². The Labute approximate surface area is 121 Å². The molecule has 0 aliphatic heterocycles. The summed E-state index contributed by atoms with van der Waals surface area (Å²) < 4.78 is 0. The summed E-state index contributed by atoms with van der Waals surface area (Å²) in [6.07, 6.45) is 0.556. The molecular weight excluding hydrogens is 272 g/mol. The lowest BCUT2D eigenvalue weighted by molar-refractivity contribution is 0.0695. The molecule has 0 spiro atoms. The van der Waals surface area contributed by atoms with Crippen molar-refractivity contribution in [2.75, 3.05) is 12.4 Å². The number of carboxylic acid groups (broad SMARTS) is 1. The maximum Gasteiger partial charge on any atom is 0.341 e. The van der Waals surface area contributed by atoms with Crippen LogP contribution in [0.1, 0.15) is 22.8 Å². The first-order valence-electron chi connectivity index (χ1n) is 6.48. The third-order valence-electron chi connectivity index (χ3n) is 3.29. The highest BCUT2D eigenvalue weighted by Gasteiger charge is 2.14. The Hall–Kier alpha value is -2.76. The first-order valence-corrected chi connectivity index (χ1v) is 6.48. The van der Waals surface area contributed by atoms with Crippen LogP contribution < -0.4 is 10.9 Å². The number of carbonyl (C=O) groups is 1. The molecule has 1 heterocycles. The Bertz CT molecular complexity index is 750. The number of phenols is 1. The maximum absolute atomic E-state index is 11.8. The van der Waals surface area contributed by atoms with Gasteiger partial charge in [-0.15, -0.1) is 0 Å². The molecule has 6 heteroatoms. The number of nitrogens with one attached hydrogen (secondary N) is 2. The number of aryl methyl sites for hydroxylation is 1. The van der Waals surface area contributed by atoms with Gasteiger partial charge in [0.05, 0.1) is 11.4 Å². The third kappa shape index (κ3) is 2.74. The first-order chi connectivity index (χ1) is 9.97. The average Bonchev–Trinajstić information content (AvgIpc) is 2.46. The zero-order valence-corrected chi connectivity index (χ0v) is 11.7. The van der Waals surface area contributed by atoms with Crippen LogP contribution in [0.5, 0.6) is 5.75 Å². The summed E-state index contributed by atoms with van der Waals surface area (Å²) in [5, 5.41) is 21.7. The van der Waals surface area contributed by atoms with Gasteiger partial charge in [-0.1, -0.05) is 13.0 Å². The van der Waals surface area contributed by atoms with E-state index in [0.29, 0.717) is 28.9 Å². The lowest BCUT2D eigenvalue weighted by Gasteiger charge is -2.11. The number of H-pyrrole nitrogens is 1. The van der Waals surface area contributed by atoms with Crippen molar-refractivity contribution >= 4 is 11.7 Å². The van der Waals surface area contributed by atoms with E-state index >= 15 is 0 Å². The van der Waals surface area contributed by atoms with E-state index in [9.17, 15) is 14.7 Å². The minimum Gasteiger partial charge on any atom is -0.506 e. The molecule has 4 N–H and O–H groups in total. The minimum absolute atomic E-state index is 0.0558. The van der Waals surface area contributed by atoms with Gasteiger partial charge in [-0.2, -0.15) is 0 Å². The summed E-state index contributed by atoms with van der Waals surface area (Å²) in [7, 11) is 1.69. The Morgan fingerprint density at radius 3 is 2.57 bits per heavy atom. The number of aromatic amines is 1. The number of anilines is 1. The largest absolute Gasteiger partial charge is 0.506 e. The Morgan fingerprint density at radius 1 is 1.33 bits per heavy atom. The molecule has 0 fully saturated rings. The van der Waals surface area contributed by atoms with Crippen molar-refractivity contribution in [1.82, 2.24) is 4.98 Å². The summed E-state index contributed by atoms with van der Waals surface area (Å²) in [4.78, 5) is 25.4. The number of hydrogen-bond acceptors (Lipinski definition) is 4. The molecule has 0 saturated heterocycles. The SMILES string of the molecule is CCc1cc(C(=O)O)c(=O)[nH]c1-c1ccc(NC)c(O)c1. The van der Waals surface area contributed by atoms with Gasteiger partial charge in [0.25, 0.3) is 5.56 Å². The topological polar surface area (TPSA) is 102 Å². The van der Waals surface area contributed by atoms with Gasteiger partial charge in [0.15, 0.2) is 0 Å². The van der Waals surface area contributed by atoms with Gasteiger partial charge in [0.2, 0.25) is 0 Å². The lowest BCUT2D eigenvalue weighted by atomic mass is 10.0. The second-order valence-corrected chi connectivity index (χ2v) is 4.55. The normalized spacial score (nSPS) is 10.4. The Balaban J connectivity index is 2.63. The second-order valence-electron chi connectivity index (χ2n) is 4.55. The van der Waals surface area contributed by atoms with Gasteiger partial charge in [-0.3, -0.25) is 4.79 Å². The third-order valence-corrected chi connectivity index (χ3v) is 3.29. The monoisotopic (exact) mass is 288 g/mol. The van der Waals surface area contributed by atoms with E-state index in [1.165, 1.54) is 12.1 Å². The van der Waals surface area contributed by atoms with E-state index in [4.69, 9.17) is 5.11 Å². The van der Waals surface area contributed by atoms with E-state index in [-0.39, 0.29) is 11.3 Å². The summed E-state index contributed by atoms with van der Waals surface area (Å²) >= 11 is 0. The highest BCUT2D eigenvalue weighted by atomic mass is 16.4. The van der Waals surface area contributed by atoms with Gasteiger partial charge in [-0.05, 0) is 30.2 Å². The fourth-order valence-electron chi connectivity index (χ4n) is 2.17. The van der Waals surface area contributed by atoms with Crippen LogP contribution in [0.25, 0.3) is 11.3 Å². The summed E-state index contributed by atoms with van der Waals surface area (Å²) in [6.45, 7) is 1.87. The summed E-state index contributed by atoms with van der Waals surface area (Å²) in [5.41, 5.74) is 1.46. The maximum atomic E-state index is 11.8.